The number of hydrogen-bond donors (Lipinski definition) is 0. The van der Waals surface area contributed by atoms with Crippen LogP contribution in [0.1, 0.15) is 95.4 Å². The Labute approximate surface area is 142 Å². The van der Waals surface area contributed by atoms with Gasteiger partial charge in [0, 0.05) is 30.5 Å². The minimum absolute atomic E-state index is 0.576. The predicted octanol–water partition coefficient (Wildman–Crippen LogP) is 5.65. The van der Waals surface area contributed by atoms with Crippen molar-refractivity contribution in [1.82, 2.24) is 9.97 Å². The molecule has 0 unspecified atom stereocenters. The van der Waals surface area contributed by atoms with Gasteiger partial charge in [-0.1, -0.05) is 46.0 Å². The quantitative estimate of drug-likeness (QED) is 0.523. The molecule has 0 amide bonds. The summed E-state index contributed by atoms with van der Waals surface area (Å²) in [5, 5.41) is 0. The van der Waals surface area contributed by atoms with Crippen molar-refractivity contribution in [3.8, 4) is 0 Å². The molecule has 1 aromatic rings. The SMILES string of the molecule is CCCCCC1CCC(c2ncc(COCCCC)cn2)CC1. The monoisotopic (exact) mass is 318 g/mol. The summed E-state index contributed by atoms with van der Waals surface area (Å²) in [5.74, 6) is 2.57. The van der Waals surface area contributed by atoms with E-state index in [1.165, 1.54) is 57.8 Å². The molecule has 0 atom stereocenters. The van der Waals surface area contributed by atoms with E-state index in [0.717, 1.165) is 30.3 Å². The van der Waals surface area contributed by atoms with Crippen LogP contribution in [0.3, 0.4) is 0 Å². The lowest BCUT2D eigenvalue weighted by atomic mass is 9.79. The van der Waals surface area contributed by atoms with Crippen LogP contribution in [0.2, 0.25) is 0 Å². The molecule has 1 heterocycles. The third-order valence-corrected chi connectivity index (χ3v) is 5.06. The molecule has 3 nitrogen and oxygen atoms in total. The third kappa shape index (κ3) is 6.58. The maximum Gasteiger partial charge on any atom is 0.131 e. The summed E-state index contributed by atoms with van der Waals surface area (Å²) in [6.45, 7) is 5.94. The van der Waals surface area contributed by atoms with Crippen LogP contribution in [-0.2, 0) is 11.3 Å². The Kier molecular flexibility index (Phi) is 8.59. The van der Waals surface area contributed by atoms with Gasteiger partial charge in [0.15, 0.2) is 0 Å². The molecule has 2 rings (SSSR count). The van der Waals surface area contributed by atoms with Crippen molar-refractivity contribution in [1.29, 1.82) is 0 Å². The molecule has 1 aliphatic rings. The molecular formula is C20H34N2O. The van der Waals surface area contributed by atoms with Gasteiger partial charge in [0.1, 0.15) is 5.82 Å². The Bertz CT molecular complexity index is 410. The van der Waals surface area contributed by atoms with Crippen LogP contribution in [-0.4, -0.2) is 16.6 Å². The zero-order valence-electron chi connectivity index (χ0n) is 15.1. The van der Waals surface area contributed by atoms with E-state index in [4.69, 9.17) is 4.74 Å². The molecule has 0 bridgehead atoms. The lowest BCUT2D eigenvalue weighted by Gasteiger charge is -2.27. The molecule has 0 saturated heterocycles. The largest absolute Gasteiger partial charge is 0.377 e. The highest BCUT2D eigenvalue weighted by Gasteiger charge is 2.23. The van der Waals surface area contributed by atoms with Crippen LogP contribution in [0, 0.1) is 5.92 Å². The van der Waals surface area contributed by atoms with E-state index in [1.807, 2.05) is 12.4 Å². The molecule has 0 radical (unpaired) electrons. The molecule has 0 aromatic carbocycles. The number of aromatic nitrogens is 2. The second-order valence-electron chi connectivity index (χ2n) is 7.07. The first-order chi connectivity index (χ1) is 11.3. The van der Waals surface area contributed by atoms with Gasteiger partial charge in [-0.3, -0.25) is 0 Å². The molecular weight excluding hydrogens is 284 g/mol. The standard InChI is InChI=1S/C20H34N2O/c1-3-5-7-8-17-9-11-19(12-10-17)20-21-14-18(15-22-20)16-23-13-6-4-2/h14-15,17,19H,3-13,16H2,1-2H3. The van der Waals surface area contributed by atoms with E-state index in [1.54, 1.807) is 0 Å². The third-order valence-electron chi connectivity index (χ3n) is 5.06. The van der Waals surface area contributed by atoms with Gasteiger partial charge in [-0.2, -0.15) is 0 Å². The van der Waals surface area contributed by atoms with E-state index < -0.39 is 0 Å². The van der Waals surface area contributed by atoms with Crippen LogP contribution < -0.4 is 0 Å². The molecule has 0 spiro atoms. The minimum atomic E-state index is 0.576. The van der Waals surface area contributed by atoms with Crippen LogP contribution in [0.25, 0.3) is 0 Å². The highest BCUT2D eigenvalue weighted by atomic mass is 16.5. The molecule has 0 N–H and O–H groups in total. The smallest absolute Gasteiger partial charge is 0.131 e. The van der Waals surface area contributed by atoms with Crippen molar-refractivity contribution in [2.24, 2.45) is 5.92 Å². The second kappa shape index (κ2) is 10.7. The molecule has 1 aromatic heterocycles. The molecule has 130 valence electrons. The molecule has 1 saturated carbocycles. The van der Waals surface area contributed by atoms with E-state index >= 15 is 0 Å². The maximum absolute atomic E-state index is 5.63. The van der Waals surface area contributed by atoms with Crippen molar-refractivity contribution in [2.45, 2.75) is 90.6 Å². The second-order valence-corrected chi connectivity index (χ2v) is 7.07. The van der Waals surface area contributed by atoms with Crippen molar-refractivity contribution in [2.75, 3.05) is 6.61 Å². The lowest BCUT2D eigenvalue weighted by molar-refractivity contribution is 0.117. The summed E-state index contributed by atoms with van der Waals surface area (Å²) in [6.07, 6.45) is 17.0. The van der Waals surface area contributed by atoms with Gasteiger partial charge in [-0.05, 0) is 38.0 Å². The van der Waals surface area contributed by atoms with E-state index in [0.29, 0.717) is 12.5 Å². The van der Waals surface area contributed by atoms with Gasteiger partial charge in [0.25, 0.3) is 0 Å². The Morgan fingerprint density at radius 2 is 1.65 bits per heavy atom. The van der Waals surface area contributed by atoms with Crippen molar-refractivity contribution < 1.29 is 4.74 Å². The van der Waals surface area contributed by atoms with Gasteiger partial charge < -0.3 is 4.74 Å². The fourth-order valence-corrected chi connectivity index (χ4v) is 3.48. The predicted molar refractivity (Wildman–Crippen MR) is 95.4 cm³/mol. The summed E-state index contributed by atoms with van der Waals surface area (Å²) in [6, 6.07) is 0. The fourth-order valence-electron chi connectivity index (χ4n) is 3.48. The fraction of sp³-hybridized carbons (Fsp3) is 0.800. The minimum Gasteiger partial charge on any atom is -0.377 e. The summed E-state index contributed by atoms with van der Waals surface area (Å²) in [7, 11) is 0. The molecule has 23 heavy (non-hydrogen) atoms. The van der Waals surface area contributed by atoms with Crippen LogP contribution in [0.4, 0.5) is 0 Å². The number of ether oxygens (including phenoxy) is 1. The zero-order chi connectivity index (χ0) is 16.3. The molecule has 1 aliphatic carbocycles. The van der Waals surface area contributed by atoms with Gasteiger partial charge in [0.05, 0.1) is 6.61 Å². The maximum atomic E-state index is 5.63. The average molecular weight is 319 g/mol. The van der Waals surface area contributed by atoms with Crippen molar-refractivity contribution in [3.05, 3.63) is 23.8 Å². The number of nitrogens with zero attached hydrogens (tertiary/aromatic N) is 2. The Hall–Kier alpha value is -0.960. The summed E-state index contributed by atoms with van der Waals surface area (Å²) >= 11 is 0. The van der Waals surface area contributed by atoms with Crippen molar-refractivity contribution >= 4 is 0 Å². The summed E-state index contributed by atoms with van der Waals surface area (Å²) < 4.78 is 5.63. The number of rotatable bonds is 10. The summed E-state index contributed by atoms with van der Waals surface area (Å²) in [4.78, 5) is 9.22. The van der Waals surface area contributed by atoms with E-state index in [-0.39, 0.29) is 0 Å². The Morgan fingerprint density at radius 3 is 2.30 bits per heavy atom. The Morgan fingerprint density at radius 1 is 0.957 bits per heavy atom. The highest BCUT2D eigenvalue weighted by molar-refractivity contribution is 5.07. The van der Waals surface area contributed by atoms with Crippen molar-refractivity contribution in [3.63, 3.8) is 0 Å². The normalized spacial score (nSPS) is 21.5. The first-order valence-corrected chi connectivity index (χ1v) is 9.72. The molecule has 3 heteroatoms. The number of unbranched alkanes of at least 4 members (excludes halogenated alkanes) is 3. The topological polar surface area (TPSA) is 35.0 Å². The highest BCUT2D eigenvalue weighted by Crippen LogP contribution is 2.36. The summed E-state index contributed by atoms with van der Waals surface area (Å²) in [5.41, 5.74) is 1.10. The Balaban J connectivity index is 1.71. The lowest BCUT2D eigenvalue weighted by Crippen LogP contribution is -2.15. The molecule has 1 fully saturated rings. The first-order valence-electron chi connectivity index (χ1n) is 9.72. The van der Waals surface area contributed by atoms with E-state index in [2.05, 4.69) is 23.8 Å². The van der Waals surface area contributed by atoms with Crippen LogP contribution in [0.5, 0.6) is 0 Å². The van der Waals surface area contributed by atoms with E-state index in [9.17, 15) is 0 Å². The van der Waals surface area contributed by atoms with Crippen LogP contribution in [0.15, 0.2) is 12.4 Å². The zero-order valence-corrected chi connectivity index (χ0v) is 15.1. The van der Waals surface area contributed by atoms with Crippen LogP contribution >= 0.6 is 0 Å². The number of hydrogen-bond acceptors (Lipinski definition) is 3. The van der Waals surface area contributed by atoms with Gasteiger partial charge in [-0.25, -0.2) is 9.97 Å². The average Bonchev–Trinajstić information content (AvgIpc) is 2.60. The first kappa shape index (κ1) is 18.4. The van der Waals surface area contributed by atoms with Gasteiger partial charge in [-0.15, -0.1) is 0 Å². The van der Waals surface area contributed by atoms with Gasteiger partial charge in [0.2, 0.25) is 0 Å². The van der Waals surface area contributed by atoms with Gasteiger partial charge >= 0.3 is 0 Å². The molecule has 0 aliphatic heterocycles.